The number of hydrogen-bond donors (Lipinski definition) is 2. The molecule has 2 aromatic carbocycles. The Kier molecular flexibility index (Phi) is 5.45. The highest BCUT2D eigenvalue weighted by Gasteiger charge is 2.16. The summed E-state index contributed by atoms with van der Waals surface area (Å²) in [4.78, 5) is 10.7. The molecule has 0 aliphatic rings. The van der Waals surface area contributed by atoms with E-state index in [2.05, 4.69) is 0 Å². The van der Waals surface area contributed by atoms with E-state index < -0.39 is 23.6 Å². The van der Waals surface area contributed by atoms with E-state index in [-0.39, 0.29) is 24.0 Å². The molecule has 0 spiro atoms. The van der Waals surface area contributed by atoms with Gasteiger partial charge in [0.1, 0.15) is 17.7 Å². The fourth-order valence-electron chi connectivity index (χ4n) is 2.38. The largest absolute Gasteiger partial charge is 0.480 e. The number of halogens is 2. The topological polar surface area (TPSA) is 63.3 Å². The van der Waals surface area contributed by atoms with Crippen molar-refractivity contribution in [3.8, 4) is 0 Å². The third kappa shape index (κ3) is 4.60. The average Bonchev–Trinajstić information content (AvgIpc) is 2.48. The van der Waals surface area contributed by atoms with Crippen molar-refractivity contribution < 1.29 is 18.7 Å². The van der Waals surface area contributed by atoms with Crippen LogP contribution in [0.15, 0.2) is 36.4 Å². The van der Waals surface area contributed by atoms with Crippen LogP contribution < -0.4 is 5.73 Å². The van der Waals surface area contributed by atoms with Crippen LogP contribution in [0.3, 0.4) is 0 Å². The lowest BCUT2D eigenvalue weighted by Gasteiger charge is -2.10. The minimum atomic E-state index is -1.20. The minimum Gasteiger partial charge on any atom is -0.480 e. The van der Waals surface area contributed by atoms with Gasteiger partial charge in [-0.05, 0) is 49.4 Å². The number of benzene rings is 2. The van der Waals surface area contributed by atoms with Crippen LogP contribution in [0, 0.1) is 18.6 Å². The van der Waals surface area contributed by atoms with Gasteiger partial charge < -0.3 is 10.8 Å². The fourth-order valence-corrected chi connectivity index (χ4v) is 2.38. The maximum atomic E-state index is 14.1. The third-order valence-corrected chi connectivity index (χ3v) is 3.76. The standard InChI is InChI=1S/C18H19F2NO2/c1-11-2-4-12(5-3-11)6-7-14-15(19)8-13(9-16(14)20)10-17(21)18(22)23/h2-5,8-9,17H,6-7,10,21H2,1H3,(H,22,23)/t17-/m0/s1. The van der Waals surface area contributed by atoms with E-state index in [0.29, 0.717) is 6.42 Å². The van der Waals surface area contributed by atoms with E-state index in [1.54, 1.807) is 0 Å². The normalized spacial score (nSPS) is 12.2. The number of carboxylic acid groups (broad SMARTS) is 1. The third-order valence-electron chi connectivity index (χ3n) is 3.76. The summed E-state index contributed by atoms with van der Waals surface area (Å²) in [6.07, 6.45) is 0.662. The first-order chi connectivity index (χ1) is 10.9. The van der Waals surface area contributed by atoms with Crippen molar-refractivity contribution in [1.29, 1.82) is 0 Å². The second-order valence-electron chi connectivity index (χ2n) is 5.67. The number of aliphatic carboxylic acids is 1. The van der Waals surface area contributed by atoms with Crippen molar-refractivity contribution in [1.82, 2.24) is 0 Å². The molecule has 0 bridgehead atoms. The van der Waals surface area contributed by atoms with Crippen molar-refractivity contribution in [3.63, 3.8) is 0 Å². The summed E-state index contributed by atoms with van der Waals surface area (Å²) in [5, 5.41) is 8.75. The summed E-state index contributed by atoms with van der Waals surface area (Å²) in [7, 11) is 0. The van der Waals surface area contributed by atoms with E-state index in [9.17, 15) is 13.6 Å². The van der Waals surface area contributed by atoms with Crippen molar-refractivity contribution >= 4 is 5.97 Å². The molecule has 0 fully saturated rings. The SMILES string of the molecule is Cc1ccc(CCc2c(F)cc(C[C@H](N)C(=O)O)cc2F)cc1. The first-order valence-electron chi connectivity index (χ1n) is 7.37. The van der Waals surface area contributed by atoms with Crippen LogP contribution in [-0.2, 0) is 24.1 Å². The maximum Gasteiger partial charge on any atom is 0.320 e. The molecular formula is C18H19F2NO2. The Morgan fingerprint density at radius 1 is 1.09 bits per heavy atom. The molecule has 3 nitrogen and oxygen atoms in total. The van der Waals surface area contributed by atoms with Crippen LogP contribution in [0.1, 0.15) is 22.3 Å². The van der Waals surface area contributed by atoms with Gasteiger partial charge in [-0.25, -0.2) is 8.78 Å². The smallest absolute Gasteiger partial charge is 0.320 e. The Morgan fingerprint density at radius 2 is 1.65 bits per heavy atom. The van der Waals surface area contributed by atoms with E-state index in [1.807, 2.05) is 31.2 Å². The second kappa shape index (κ2) is 7.33. The number of rotatable bonds is 6. The van der Waals surface area contributed by atoms with Gasteiger partial charge in [-0.3, -0.25) is 4.79 Å². The van der Waals surface area contributed by atoms with Gasteiger partial charge >= 0.3 is 5.97 Å². The molecule has 1 atom stereocenters. The van der Waals surface area contributed by atoms with E-state index >= 15 is 0 Å². The molecule has 0 amide bonds. The molecule has 122 valence electrons. The lowest BCUT2D eigenvalue weighted by molar-refractivity contribution is -0.138. The van der Waals surface area contributed by atoms with E-state index in [0.717, 1.165) is 23.3 Å². The van der Waals surface area contributed by atoms with Gasteiger partial charge in [0.05, 0.1) is 0 Å². The molecule has 0 radical (unpaired) electrons. The Hall–Kier alpha value is -2.27. The molecule has 2 aromatic rings. The predicted octanol–water partition coefficient (Wildman–Crippen LogP) is 3.01. The number of aryl methyl sites for hydroxylation is 2. The zero-order valence-corrected chi connectivity index (χ0v) is 12.9. The van der Waals surface area contributed by atoms with Crippen molar-refractivity contribution in [2.45, 2.75) is 32.2 Å². The lowest BCUT2D eigenvalue weighted by Crippen LogP contribution is -2.32. The molecule has 0 aliphatic carbocycles. The summed E-state index contributed by atoms with van der Waals surface area (Å²) in [5.74, 6) is -2.52. The van der Waals surface area contributed by atoms with Crippen LogP contribution in [-0.4, -0.2) is 17.1 Å². The zero-order valence-electron chi connectivity index (χ0n) is 12.9. The first kappa shape index (κ1) is 17.1. The highest BCUT2D eigenvalue weighted by atomic mass is 19.1. The van der Waals surface area contributed by atoms with Gasteiger partial charge in [-0.15, -0.1) is 0 Å². The van der Waals surface area contributed by atoms with E-state index in [4.69, 9.17) is 10.8 Å². The van der Waals surface area contributed by atoms with Crippen molar-refractivity contribution in [3.05, 3.63) is 70.3 Å². The number of nitrogens with two attached hydrogens (primary N) is 1. The van der Waals surface area contributed by atoms with Gasteiger partial charge in [0.15, 0.2) is 0 Å². The van der Waals surface area contributed by atoms with Crippen LogP contribution in [0.5, 0.6) is 0 Å². The van der Waals surface area contributed by atoms with Gasteiger partial charge in [0.2, 0.25) is 0 Å². The van der Waals surface area contributed by atoms with Crippen LogP contribution in [0.4, 0.5) is 8.78 Å². The summed E-state index contributed by atoms with van der Waals surface area (Å²) >= 11 is 0. The maximum absolute atomic E-state index is 14.1. The van der Waals surface area contributed by atoms with Gasteiger partial charge in [0, 0.05) is 5.56 Å². The molecule has 0 aromatic heterocycles. The molecule has 3 N–H and O–H groups in total. The summed E-state index contributed by atoms with van der Waals surface area (Å²) in [5.41, 5.74) is 7.78. The summed E-state index contributed by atoms with van der Waals surface area (Å²) in [6, 6.07) is 8.94. The molecule has 0 saturated carbocycles. The zero-order chi connectivity index (χ0) is 17.0. The minimum absolute atomic E-state index is 0.0122. The Labute approximate surface area is 133 Å². The van der Waals surface area contributed by atoms with Crippen LogP contribution >= 0.6 is 0 Å². The second-order valence-corrected chi connectivity index (χ2v) is 5.67. The molecule has 23 heavy (non-hydrogen) atoms. The monoisotopic (exact) mass is 319 g/mol. The average molecular weight is 319 g/mol. The van der Waals surface area contributed by atoms with Crippen LogP contribution in [0.2, 0.25) is 0 Å². The van der Waals surface area contributed by atoms with Gasteiger partial charge in [-0.2, -0.15) is 0 Å². The van der Waals surface area contributed by atoms with Crippen molar-refractivity contribution in [2.75, 3.05) is 0 Å². The van der Waals surface area contributed by atoms with Crippen LogP contribution in [0.25, 0.3) is 0 Å². The quantitative estimate of drug-likeness (QED) is 0.860. The lowest BCUT2D eigenvalue weighted by atomic mass is 9.99. The van der Waals surface area contributed by atoms with E-state index in [1.165, 1.54) is 0 Å². The fraction of sp³-hybridized carbons (Fsp3) is 0.278. The number of hydrogen-bond acceptors (Lipinski definition) is 2. The summed E-state index contributed by atoms with van der Waals surface area (Å²) < 4.78 is 28.2. The molecule has 0 heterocycles. The first-order valence-corrected chi connectivity index (χ1v) is 7.37. The molecular weight excluding hydrogens is 300 g/mol. The van der Waals surface area contributed by atoms with Gasteiger partial charge in [-0.1, -0.05) is 29.8 Å². The Balaban J connectivity index is 2.10. The van der Waals surface area contributed by atoms with Crippen molar-refractivity contribution in [2.24, 2.45) is 5.73 Å². The number of carbonyl (C=O) groups is 1. The molecule has 0 unspecified atom stereocenters. The molecule has 2 rings (SSSR count). The highest BCUT2D eigenvalue weighted by Crippen LogP contribution is 2.19. The molecule has 0 saturated heterocycles. The number of carboxylic acids is 1. The van der Waals surface area contributed by atoms with Gasteiger partial charge in [0.25, 0.3) is 0 Å². The summed E-state index contributed by atoms with van der Waals surface area (Å²) in [6.45, 7) is 1.98. The molecule has 5 heteroatoms. The Bertz CT molecular complexity index is 676. The predicted molar refractivity (Wildman–Crippen MR) is 84.3 cm³/mol. The molecule has 0 aliphatic heterocycles. The highest BCUT2D eigenvalue weighted by molar-refractivity contribution is 5.73. The Morgan fingerprint density at radius 3 is 2.17 bits per heavy atom.